The number of azo groups is 1. The fourth-order valence-corrected chi connectivity index (χ4v) is 5.20. The van der Waals surface area contributed by atoms with Gasteiger partial charge in [-0.2, -0.15) is 0 Å². The molecular weight excluding hydrogens is 448 g/mol. The minimum Gasteiger partial charge on any atom is -0.497 e. The topological polar surface area (TPSA) is 101 Å². The van der Waals surface area contributed by atoms with Crippen molar-refractivity contribution in [2.45, 2.75) is 37.5 Å². The number of piperidine rings is 1. The molecule has 2 heterocycles. The molecule has 1 fully saturated rings. The van der Waals surface area contributed by atoms with Crippen molar-refractivity contribution in [1.82, 2.24) is 14.1 Å². The zero-order chi connectivity index (χ0) is 23.9. The van der Waals surface area contributed by atoms with Crippen LogP contribution in [0.1, 0.15) is 31.9 Å². The number of nitrogens with zero attached hydrogens (tertiary/aromatic N) is 5. The van der Waals surface area contributed by atoms with Crippen molar-refractivity contribution >= 4 is 29.1 Å². The first-order valence-electron chi connectivity index (χ1n) is 11.7. The van der Waals surface area contributed by atoms with Crippen LogP contribution in [-0.4, -0.2) is 46.0 Å². The monoisotopic (exact) mass is 480 g/mol. The van der Waals surface area contributed by atoms with Crippen molar-refractivity contribution in [1.29, 1.82) is 0 Å². The van der Waals surface area contributed by atoms with Crippen LogP contribution in [0.5, 0.6) is 5.75 Å². The maximum absolute atomic E-state index is 9.58. The van der Waals surface area contributed by atoms with Crippen molar-refractivity contribution in [2.24, 2.45) is 16.1 Å². The molecule has 0 radical (unpaired) electrons. The van der Waals surface area contributed by atoms with E-state index >= 15 is 0 Å². The third kappa shape index (κ3) is 5.60. The molecule has 0 bridgehead atoms. The number of nitrogens with two attached hydrogens (primary N) is 1. The summed E-state index contributed by atoms with van der Waals surface area (Å²) in [6.07, 6.45) is 3.85. The first-order chi connectivity index (χ1) is 16.6. The number of ether oxygens (including phenoxy) is 1. The molecule has 1 aliphatic heterocycles. The third-order valence-corrected chi connectivity index (χ3v) is 6.99. The van der Waals surface area contributed by atoms with E-state index in [9.17, 15) is 5.11 Å². The molecule has 9 heteroatoms. The van der Waals surface area contributed by atoms with E-state index in [-0.39, 0.29) is 6.61 Å². The van der Waals surface area contributed by atoms with Gasteiger partial charge in [-0.3, -0.25) is 0 Å². The lowest BCUT2D eigenvalue weighted by molar-refractivity contribution is 0.171. The minimum absolute atomic E-state index is 0.219. The second-order valence-electron chi connectivity index (χ2n) is 8.38. The summed E-state index contributed by atoms with van der Waals surface area (Å²) in [6.45, 7) is 4.16. The fraction of sp³-hybridized carbons (Fsp3) is 0.400. The largest absolute Gasteiger partial charge is 0.497 e. The van der Waals surface area contributed by atoms with Crippen molar-refractivity contribution in [2.75, 3.05) is 32.5 Å². The van der Waals surface area contributed by atoms with E-state index in [0.717, 1.165) is 55.0 Å². The van der Waals surface area contributed by atoms with Gasteiger partial charge in [-0.15, -0.1) is 15.3 Å². The first-order valence-corrected chi connectivity index (χ1v) is 12.5. The Morgan fingerprint density at radius 1 is 1.21 bits per heavy atom. The van der Waals surface area contributed by atoms with Crippen molar-refractivity contribution in [3.05, 3.63) is 54.2 Å². The van der Waals surface area contributed by atoms with Gasteiger partial charge >= 0.3 is 0 Å². The van der Waals surface area contributed by atoms with E-state index in [1.807, 2.05) is 53.2 Å². The molecule has 3 aromatic rings. The van der Waals surface area contributed by atoms with E-state index in [2.05, 4.69) is 26.6 Å². The number of aromatic nitrogens is 2. The van der Waals surface area contributed by atoms with Gasteiger partial charge in [0.25, 0.3) is 0 Å². The fourth-order valence-electron chi connectivity index (χ4n) is 4.10. The number of anilines is 1. The van der Waals surface area contributed by atoms with Gasteiger partial charge in [-0.25, -0.2) is 8.99 Å². The average Bonchev–Trinajstić information content (AvgIpc) is 3.19. The molecular formula is C25H32N6O2S. The van der Waals surface area contributed by atoms with E-state index in [0.29, 0.717) is 28.9 Å². The van der Waals surface area contributed by atoms with Gasteiger partial charge in [0.05, 0.1) is 23.4 Å². The quantitative estimate of drug-likeness (QED) is 0.308. The summed E-state index contributed by atoms with van der Waals surface area (Å²) < 4.78 is 9.58. The molecule has 1 aliphatic rings. The number of rotatable bonds is 9. The van der Waals surface area contributed by atoms with E-state index in [4.69, 9.17) is 10.5 Å². The number of hydrogen-bond donors (Lipinski definition) is 2. The molecule has 3 N–H and O–H groups in total. The Morgan fingerprint density at radius 3 is 2.76 bits per heavy atom. The summed E-state index contributed by atoms with van der Waals surface area (Å²) in [7, 11) is 1.64. The molecule has 1 aromatic heterocycles. The lowest BCUT2D eigenvalue weighted by atomic mass is 10.0. The second kappa shape index (κ2) is 11.5. The standard InChI is InChI=1S/C25H32N6O2S/c1-3-8-22-24(25(26)29-31(22)19-10-5-4-6-11-19)28-27-21-15-20(33-2)12-13-23(21)34-30-14-7-9-18(16-30)17-32/h4-6,10-13,15,18,32H,3,7-9,14,16-17H2,1-2H3,(H2,26,29). The predicted molar refractivity (Wildman–Crippen MR) is 136 cm³/mol. The molecule has 34 heavy (non-hydrogen) atoms. The van der Waals surface area contributed by atoms with Gasteiger partial charge < -0.3 is 15.6 Å². The maximum Gasteiger partial charge on any atom is 0.174 e. The second-order valence-corrected chi connectivity index (χ2v) is 9.52. The molecule has 0 aliphatic carbocycles. The van der Waals surface area contributed by atoms with E-state index < -0.39 is 0 Å². The molecule has 0 saturated carbocycles. The Bertz CT molecular complexity index is 1120. The van der Waals surface area contributed by atoms with Gasteiger partial charge in [0.2, 0.25) is 0 Å². The molecule has 4 rings (SSSR count). The Morgan fingerprint density at radius 2 is 2.03 bits per heavy atom. The summed E-state index contributed by atoms with van der Waals surface area (Å²) in [5.41, 5.74) is 9.50. The zero-order valence-electron chi connectivity index (χ0n) is 19.7. The highest BCUT2D eigenvalue weighted by atomic mass is 32.2. The van der Waals surface area contributed by atoms with Crippen molar-refractivity contribution in [3.8, 4) is 11.4 Å². The van der Waals surface area contributed by atoms with Crippen LogP contribution in [0.15, 0.2) is 63.7 Å². The normalized spacial score (nSPS) is 16.9. The average molecular weight is 481 g/mol. The van der Waals surface area contributed by atoms with Crippen LogP contribution in [-0.2, 0) is 6.42 Å². The molecule has 180 valence electrons. The number of aliphatic hydroxyl groups is 1. The SMILES string of the molecule is CCCc1c(N=Nc2cc(OC)ccc2SN2CCCC(CO)C2)c(N)nn1-c1ccccc1. The lowest BCUT2D eigenvalue weighted by Gasteiger charge is -2.30. The van der Waals surface area contributed by atoms with Crippen LogP contribution in [0.3, 0.4) is 0 Å². The zero-order valence-corrected chi connectivity index (χ0v) is 20.5. The highest BCUT2D eigenvalue weighted by Crippen LogP contribution is 2.39. The highest BCUT2D eigenvalue weighted by Gasteiger charge is 2.22. The van der Waals surface area contributed by atoms with Crippen LogP contribution in [0.4, 0.5) is 17.2 Å². The summed E-state index contributed by atoms with van der Waals surface area (Å²) >= 11 is 1.65. The van der Waals surface area contributed by atoms with E-state index in [1.165, 1.54) is 0 Å². The van der Waals surface area contributed by atoms with Gasteiger partial charge in [0.1, 0.15) is 11.4 Å². The Kier molecular flexibility index (Phi) is 8.21. The molecule has 1 unspecified atom stereocenters. The molecule has 2 aromatic carbocycles. The third-order valence-electron chi connectivity index (χ3n) is 5.86. The number of hydrogen-bond acceptors (Lipinski definition) is 8. The smallest absolute Gasteiger partial charge is 0.174 e. The molecule has 1 atom stereocenters. The number of methoxy groups -OCH3 is 1. The Balaban J connectivity index is 1.66. The van der Waals surface area contributed by atoms with Crippen LogP contribution in [0, 0.1) is 5.92 Å². The van der Waals surface area contributed by atoms with Gasteiger partial charge in [0.15, 0.2) is 11.5 Å². The number of nitrogen functional groups attached to an aromatic ring is 1. The van der Waals surface area contributed by atoms with Gasteiger partial charge in [-0.05, 0) is 61.4 Å². The van der Waals surface area contributed by atoms with E-state index in [1.54, 1.807) is 19.1 Å². The van der Waals surface area contributed by atoms with Crippen LogP contribution in [0.25, 0.3) is 5.69 Å². The summed E-state index contributed by atoms with van der Waals surface area (Å²) in [4.78, 5) is 0.981. The molecule has 8 nitrogen and oxygen atoms in total. The number of benzene rings is 2. The summed E-state index contributed by atoms with van der Waals surface area (Å²) in [5, 5.41) is 23.3. The van der Waals surface area contributed by atoms with Crippen LogP contribution >= 0.6 is 11.9 Å². The predicted octanol–water partition coefficient (Wildman–Crippen LogP) is 5.54. The highest BCUT2D eigenvalue weighted by molar-refractivity contribution is 7.97. The Labute approximate surface area is 205 Å². The number of para-hydroxylation sites is 1. The Hall–Kier alpha value is -2.88. The summed E-state index contributed by atoms with van der Waals surface area (Å²) in [5.74, 6) is 1.38. The minimum atomic E-state index is 0.219. The first kappa shape index (κ1) is 24.3. The lowest BCUT2D eigenvalue weighted by Crippen LogP contribution is -2.31. The van der Waals surface area contributed by atoms with Crippen molar-refractivity contribution in [3.63, 3.8) is 0 Å². The molecule has 0 amide bonds. The molecule has 0 spiro atoms. The molecule has 1 saturated heterocycles. The van der Waals surface area contributed by atoms with Gasteiger partial charge in [-0.1, -0.05) is 31.5 Å². The van der Waals surface area contributed by atoms with Crippen molar-refractivity contribution < 1.29 is 9.84 Å². The van der Waals surface area contributed by atoms with Gasteiger partial charge in [0, 0.05) is 25.8 Å². The van der Waals surface area contributed by atoms with Crippen LogP contribution < -0.4 is 10.5 Å². The summed E-state index contributed by atoms with van der Waals surface area (Å²) in [6, 6.07) is 15.8. The maximum atomic E-state index is 9.58. The van der Waals surface area contributed by atoms with Crippen LogP contribution in [0.2, 0.25) is 0 Å². The number of aliphatic hydroxyl groups excluding tert-OH is 1.